The number of hydrogen-bond donors (Lipinski definition) is 0. The van der Waals surface area contributed by atoms with Crippen molar-refractivity contribution in [2.75, 3.05) is 0 Å². The summed E-state index contributed by atoms with van der Waals surface area (Å²) >= 11 is 6.09. The van der Waals surface area contributed by atoms with Crippen molar-refractivity contribution in [2.45, 2.75) is 32.0 Å². The molecule has 1 aromatic heterocycles. The van der Waals surface area contributed by atoms with Gasteiger partial charge in [0.2, 0.25) is 0 Å². The minimum atomic E-state index is -3.96. The van der Waals surface area contributed by atoms with Gasteiger partial charge in [0.05, 0.1) is 0 Å². The number of benzene rings is 1. The maximum atomic E-state index is 11.6. The van der Waals surface area contributed by atoms with E-state index in [2.05, 4.69) is 10.2 Å². The molecule has 0 amide bonds. The standard InChI is InChI=1S/C12H13Cl2N3O2S/c1-7(2)17-11(15-16-12(17)20(14,18)19)9-5-4-6-10(13)8(9)3/h4-7H,1-3H3. The van der Waals surface area contributed by atoms with E-state index in [1.54, 1.807) is 12.1 Å². The molecular weight excluding hydrogens is 321 g/mol. The molecule has 0 saturated carbocycles. The van der Waals surface area contributed by atoms with Crippen LogP contribution in [0.25, 0.3) is 11.4 Å². The molecule has 8 heteroatoms. The Balaban J connectivity index is 2.76. The molecule has 0 aliphatic heterocycles. The highest BCUT2D eigenvalue weighted by Gasteiger charge is 2.25. The zero-order valence-corrected chi connectivity index (χ0v) is 13.5. The second kappa shape index (κ2) is 5.35. The third kappa shape index (κ3) is 2.68. The first-order chi connectivity index (χ1) is 9.23. The molecule has 1 aromatic carbocycles. The van der Waals surface area contributed by atoms with Crippen LogP contribution in [-0.4, -0.2) is 23.2 Å². The fraction of sp³-hybridized carbons (Fsp3) is 0.333. The molecule has 0 fully saturated rings. The molecule has 1 heterocycles. The molecule has 0 aliphatic carbocycles. The summed E-state index contributed by atoms with van der Waals surface area (Å²) in [4.78, 5) is 0. The predicted molar refractivity (Wildman–Crippen MR) is 78.6 cm³/mol. The molecule has 0 spiro atoms. The van der Waals surface area contributed by atoms with Gasteiger partial charge in [0.1, 0.15) is 0 Å². The number of nitrogens with zero attached hydrogens (tertiary/aromatic N) is 3. The SMILES string of the molecule is Cc1c(Cl)cccc1-c1nnc(S(=O)(=O)Cl)n1C(C)C. The van der Waals surface area contributed by atoms with Gasteiger partial charge >= 0.3 is 0 Å². The Kier molecular flexibility index (Phi) is 4.09. The fourth-order valence-corrected chi connectivity index (χ4v) is 3.10. The van der Waals surface area contributed by atoms with E-state index in [0.29, 0.717) is 10.8 Å². The van der Waals surface area contributed by atoms with Gasteiger partial charge in [-0.3, -0.25) is 4.57 Å². The highest BCUT2D eigenvalue weighted by molar-refractivity contribution is 8.13. The molecule has 0 saturated heterocycles. The Bertz CT molecular complexity index is 754. The van der Waals surface area contributed by atoms with E-state index >= 15 is 0 Å². The lowest BCUT2D eigenvalue weighted by atomic mass is 10.1. The number of aromatic nitrogens is 3. The summed E-state index contributed by atoms with van der Waals surface area (Å²) in [6.07, 6.45) is 0. The van der Waals surface area contributed by atoms with Crippen LogP contribution in [0.5, 0.6) is 0 Å². The molecule has 2 aromatic rings. The predicted octanol–water partition coefficient (Wildman–Crippen LogP) is 3.42. The lowest BCUT2D eigenvalue weighted by Crippen LogP contribution is -2.10. The van der Waals surface area contributed by atoms with Crippen molar-refractivity contribution in [1.82, 2.24) is 14.8 Å². The van der Waals surface area contributed by atoms with Gasteiger partial charge in [0.15, 0.2) is 5.82 Å². The Labute approximate surface area is 127 Å². The summed E-state index contributed by atoms with van der Waals surface area (Å²) < 4.78 is 24.6. The summed E-state index contributed by atoms with van der Waals surface area (Å²) in [5.41, 5.74) is 1.53. The van der Waals surface area contributed by atoms with Gasteiger partial charge in [-0.05, 0) is 32.4 Å². The van der Waals surface area contributed by atoms with Gasteiger partial charge in [-0.25, -0.2) is 8.42 Å². The molecule has 0 aliphatic rings. The maximum Gasteiger partial charge on any atom is 0.296 e. The van der Waals surface area contributed by atoms with Crippen LogP contribution in [0.4, 0.5) is 0 Å². The van der Waals surface area contributed by atoms with Crippen LogP contribution < -0.4 is 0 Å². The normalized spacial score (nSPS) is 12.1. The van der Waals surface area contributed by atoms with Crippen molar-refractivity contribution in [3.63, 3.8) is 0 Å². The summed E-state index contributed by atoms with van der Waals surface area (Å²) in [7, 11) is 1.44. The summed E-state index contributed by atoms with van der Waals surface area (Å²) in [5.74, 6) is 0.430. The zero-order valence-electron chi connectivity index (χ0n) is 11.1. The molecular formula is C12H13Cl2N3O2S. The van der Waals surface area contributed by atoms with Crippen LogP contribution in [0.2, 0.25) is 5.02 Å². The Hall–Kier alpha value is -1.11. The molecule has 0 unspecified atom stereocenters. The molecule has 0 N–H and O–H groups in total. The third-order valence-corrected chi connectivity index (χ3v) is 4.45. The molecule has 0 radical (unpaired) electrons. The second-order valence-corrected chi connectivity index (χ2v) is 7.49. The lowest BCUT2D eigenvalue weighted by molar-refractivity contribution is 0.530. The molecule has 2 rings (SSSR count). The number of halogens is 2. The monoisotopic (exact) mass is 333 g/mol. The van der Waals surface area contributed by atoms with E-state index in [-0.39, 0.29) is 11.2 Å². The number of hydrogen-bond acceptors (Lipinski definition) is 4. The molecule has 0 bridgehead atoms. The average molecular weight is 334 g/mol. The smallest absolute Gasteiger partial charge is 0.294 e. The highest BCUT2D eigenvalue weighted by atomic mass is 35.7. The van der Waals surface area contributed by atoms with Crippen LogP contribution in [0.3, 0.4) is 0 Å². The van der Waals surface area contributed by atoms with Crippen molar-refractivity contribution in [1.29, 1.82) is 0 Å². The Morgan fingerprint density at radius 2 is 1.90 bits per heavy atom. The van der Waals surface area contributed by atoms with Crippen LogP contribution in [-0.2, 0) is 9.05 Å². The molecule has 5 nitrogen and oxygen atoms in total. The van der Waals surface area contributed by atoms with E-state index in [9.17, 15) is 8.42 Å². The first-order valence-electron chi connectivity index (χ1n) is 5.88. The van der Waals surface area contributed by atoms with Gasteiger partial charge < -0.3 is 0 Å². The van der Waals surface area contributed by atoms with Gasteiger partial charge in [-0.15, -0.1) is 10.2 Å². The van der Waals surface area contributed by atoms with E-state index in [1.807, 2.05) is 26.8 Å². The van der Waals surface area contributed by atoms with Crippen LogP contribution in [0, 0.1) is 6.92 Å². The maximum absolute atomic E-state index is 11.6. The fourth-order valence-electron chi connectivity index (χ4n) is 1.94. The Morgan fingerprint density at radius 1 is 1.25 bits per heavy atom. The minimum absolute atomic E-state index is 0.165. The van der Waals surface area contributed by atoms with Crippen molar-refractivity contribution in [3.8, 4) is 11.4 Å². The topological polar surface area (TPSA) is 64.8 Å². The van der Waals surface area contributed by atoms with Gasteiger partial charge in [-0.2, -0.15) is 0 Å². The summed E-state index contributed by atoms with van der Waals surface area (Å²) in [5, 5.41) is 7.99. The Morgan fingerprint density at radius 3 is 2.45 bits per heavy atom. The minimum Gasteiger partial charge on any atom is -0.294 e. The van der Waals surface area contributed by atoms with Crippen molar-refractivity contribution in [3.05, 3.63) is 28.8 Å². The quantitative estimate of drug-likeness (QED) is 0.807. The molecule has 108 valence electrons. The average Bonchev–Trinajstić information content (AvgIpc) is 2.77. The van der Waals surface area contributed by atoms with E-state index in [1.165, 1.54) is 4.57 Å². The summed E-state index contributed by atoms with van der Waals surface area (Å²) in [6.45, 7) is 5.50. The van der Waals surface area contributed by atoms with Gasteiger partial charge in [0, 0.05) is 27.3 Å². The van der Waals surface area contributed by atoms with Gasteiger partial charge in [-0.1, -0.05) is 23.7 Å². The lowest BCUT2D eigenvalue weighted by Gasteiger charge is -2.14. The van der Waals surface area contributed by atoms with E-state index in [0.717, 1.165) is 11.1 Å². The first kappa shape index (κ1) is 15.3. The highest BCUT2D eigenvalue weighted by Crippen LogP contribution is 2.31. The van der Waals surface area contributed by atoms with Gasteiger partial charge in [0.25, 0.3) is 14.2 Å². The van der Waals surface area contributed by atoms with E-state index in [4.69, 9.17) is 22.3 Å². The van der Waals surface area contributed by atoms with Crippen molar-refractivity contribution >= 4 is 31.3 Å². The first-order valence-corrected chi connectivity index (χ1v) is 8.57. The summed E-state index contributed by atoms with van der Waals surface area (Å²) in [6, 6.07) is 5.19. The molecule has 20 heavy (non-hydrogen) atoms. The number of rotatable bonds is 3. The van der Waals surface area contributed by atoms with Crippen molar-refractivity contribution < 1.29 is 8.42 Å². The van der Waals surface area contributed by atoms with Crippen molar-refractivity contribution in [2.24, 2.45) is 0 Å². The largest absolute Gasteiger partial charge is 0.296 e. The molecule has 0 atom stereocenters. The third-order valence-electron chi connectivity index (χ3n) is 2.91. The van der Waals surface area contributed by atoms with Crippen LogP contribution in [0.1, 0.15) is 25.5 Å². The van der Waals surface area contributed by atoms with E-state index < -0.39 is 9.05 Å². The zero-order chi connectivity index (χ0) is 15.1. The van der Waals surface area contributed by atoms with Crippen LogP contribution in [0.15, 0.2) is 23.4 Å². The van der Waals surface area contributed by atoms with Crippen LogP contribution >= 0.6 is 22.3 Å². The second-order valence-electron chi connectivity index (χ2n) is 4.62.